The molecule has 2 amide bonds. The van der Waals surface area contributed by atoms with Crippen LogP contribution in [0.3, 0.4) is 0 Å². The second-order valence-electron chi connectivity index (χ2n) is 9.49. The number of allylic oxidation sites excluding steroid dienone is 2. The van der Waals surface area contributed by atoms with Crippen molar-refractivity contribution in [1.29, 1.82) is 0 Å². The topological polar surface area (TPSA) is 65.2 Å². The van der Waals surface area contributed by atoms with Crippen molar-refractivity contribution in [2.45, 2.75) is 24.2 Å². The molecule has 6 atom stereocenters. The Morgan fingerprint density at radius 1 is 1.00 bits per heavy atom. The van der Waals surface area contributed by atoms with Crippen molar-refractivity contribution in [2.24, 2.45) is 35.5 Å². The molecular weight excluding hydrogens is 406 g/mol. The van der Waals surface area contributed by atoms with Gasteiger partial charge in [0, 0.05) is 40.8 Å². The first-order valence-electron chi connectivity index (χ1n) is 11.7. The third-order valence-electron chi connectivity index (χ3n) is 7.83. The number of H-pyrrole nitrogens is 1. The summed E-state index contributed by atoms with van der Waals surface area (Å²) in [5.74, 6) is 3.17. The van der Waals surface area contributed by atoms with Crippen molar-refractivity contribution >= 4 is 34.5 Å². The molecule has 31 heavy (non-hydrogen) atoms. The van der Waals surface area contributed by atoms with E-state index >= 15 is 0 Å². The Morgan fingerprint density at radius 3 is 2.52 bits per heavy atom. The number of likely N-dealkylation sites (tertiary alicyclic amines) is 1. The van der Waals surface area contributed by atoms with Gasteiger partial charge < -0.3 is 10.3 Å². The van der Waals surface area contributed by atoms with Crippen molar-refractivity contribution in [2.75, 3.05) is 25.4 Å². The van der Waals surface area contributed by atoms with Gasteiger partial charge in [-0.25, -0.2) is 0 Å². The summed E-state index contributed by atoms with van der Waals surface area (Å²) in [6.07, 6.45) is 9.66. The molecule has 2 N–H and O–H groups in total. The highest BCUT2D eigenvalue weighted by Crippen LogP contribution is 2.65. The maximum atomic E-state index is 13.0. The van der Waals surface area contributed by atoms with Crippen LogP contribution in [-0.4, -0.2) is 47.1 Å². The number of amides is 2. The van der Waals surface area contributed by atoms with Crippen LogP contribution in [0.2, 0.25) is 0 Å². The SMILES string of the molecule is O=C1C2C3C=CC(C4CC34)C2C(=O)N1CCCCNCCSc1c[nH]c2ccccc12. The predicted molar refractivity (Wildman–Crippen MR) is 123 cm³/mol. The first-order valence-corrected chi connectivity index (χ1v) is 12.7. The smallest absolute Gasteiger partial charge is 0.233 e. The van der Waals surface area contributed by atoms with Crippen LogP contribution in [-0.2, 0) is 9.59 Å². The molecule has 7 rings (SSSR count). The summed E-state index contributed by atoms with van der Waals surface area (Å²) in [5.41, 5.74) is 1.18. The van der Waals surface area contributed by atoms with Crippen LogP contribution in [0.1, 0.15) is 19.3 Å². The second kappa shape index (κ2) is 7.82. The van der Waals surface area contributed by atoms with Gasteiger partial charge in [-0.05, 0) is 55.5 Å². The third kappa shape index (κ3) is 3.26. The number of thioether (sulfide) groups is 1. The summed E-state index contributed by atoms with van der Waals surface area (Å²) < 4.78 is 0. The number of imide groups is 1. The molecule has 1 aromatic carbocycles. The van der Waals surface area contributed by atoms with E-state index in [1.54, 1.807) is 4.90 Å². The first kappa shape index (κ1) is 19.6. The highest BCUT2D eigenvalue weighted by Gasteiger charge is 2.66. The van der Waals surface area contributed by atoms with Crippen molar-refractivity contribution in [3.8, 4) is 0 Å². The minimum atomic E-state index is -0.0501. The van der Waals surface area contributed by atoms with E-state index in [1.165, 1.54) is 22.2 Å². The molecule has 2 saturated carbocycles. The Balaban J connectivity index is 0.917. The van der Waals surface area contributed by atoms with E-state index in [9.17, 15) is 9.59 Å². The highest BCUT2D eigenvalue weighted by molar-refractivity contribution is 7.99. The van der Waals surface area contributed by atoms with Gasteiger partial charge in [0.05, 0.1) is 11.8 Å². The molecule has 6 unspecified atom stereocenters. The molecule has 2 heterocycles. The molecule has 5 nitrogen and oxygen atoms in total. The minimum Gasteiger partial charge on any atom is -0.360 e. The van der Waals surface area contributed by atoms with E-state index in [1.807, 2.05) is 11.8 Å². The molecule has 3 fully saturated rings. The van der Waals surface area contributed by atoms with Gasteiger partial charge >= 0.3 is 0 Å². The van der Waals surface area contributed by atoms with Crippen LogP contribution in [0.4, 0.5) is 0 Å². The molecule has 0 spiro atoms. The summed E-state index contributed by atoms with van der Waals surface area (Å²) in [4.78, 5) is 32.1. The van der Waals surface area contributed by atoms with E-state index in [2.05, 4.69) is 52.9 Å². The number of aromatic nitrogens is 1. The molecule has 6 heteroatoms. The molecule has 162 valence electrons. The molecule has 1 saturated heterocycles. The number of rotatable bonds is 9. The Morgan fingerprint density at radius 2 is 1.74 bits per heavy atom. The van der Waals surface area contributed by atoms with Gasteiger partial charge in [-0.3, -0.25) is 14.5 Å². The monoisotopic (exact) mass is 435 g/mol. The van der Waals surface area contributed by atoms with Gasteiger partial charge in [0.2, 0.25) is 11.8 Å². The van der Waals surface area contributed by atoms with Crippen molar-refractivity contribution in [3.63, 3.8) is 0 Å². The van der Waals surface area contributed by atoms with Gasteiger partial charge in [0.15, 0.2) is 0 Å². The molecular formula is C25H29N3O2S. The number of para-hydroxylation sites is 1. The number of hydrogen-bond donors (Lipinski definition) is 2. The molecule has 1 aromatic heterocycles. The van der Waals surface area contributed by atoms with Crippen molar-refractivity contribution in [1.82, 2.24) is 15.2 Å². The first-order chi connectivity index (χ1) is 15.2. The average Bonchev–Trinajstić information content (AvgIpc) is 3.47. The predicted octanol–water partition coefficient (Wildman–Crippen LogP) is 3.68. The van der Waals surface area contributed by atoms with Gasteiger partial charge in [-0.1, -0.05) is 30.4 Å². The van der Waals surface area contributed by atoms with Gasteiger partial charge in [-0.15, -0.1) is 11.8 Å². The van der Waals surface area contributed by atoms with E-state index in [-0.39, 0.29) is 23.7 Å². The van der Waals surface area contributed by atoms with Gasteiger partial charge in [0.1, 0.15) is 0 Å². The van der Waals surface area contributed by atoms with E-state index < -0.39 is 0 Å². The van der Waals surface area contributed by atoms with Gasteiger partial charge in [-0.2, -0.15) is 0 Å². The lowest BCUT2D eigenvalue weighted by atomic mass is 9.63. The number of carbonyl (C=O) groups excluding carboxylic acids is 2. The van der Waals surface area contributed by atoms with Crippen LogP contribution in [0.5, 0.6) is 0 Å². The molecule has 1 aliphatic heterocycles. The molecule has 2 bridgehead atoms. The number of nitrogens with zero attached hydrogens (tertiary/aromatic N) is 1. The van der Waals surface area contributed by atoms with Crippen LogP contribution >= 0.6 is 11.8 Å². The fourth-order valence-electron chi connectivity index (χ4n) is 6.28. The zero-order chi connectivity index (χ0) is 20.9. The van der Waals surface area contributed by atoms with Crippen LogP contribution < -0.4 is 5.32 Å². The van der Waals surface area contributed by atoms with Crippen molar-refractivity contribution < 1.29 is 9.59 Å². The van der Waals surface area contributed by atoms with Crippen LogP contribution in [0.25, 0.3) is 10.9 Å². The van der Waals surface area contributed by atoms with Crippen molar-refractivity contribution in [3.05, 3.63) is 42.6 Å². The number of nitrogens with one attached hydrogen (secondary N) is 2. The summed E-state index contributed by atoms with van der Waals surface area (Å²) in [7, 11) is 0. The lowest BCUT2D eigenvalue weighted by Gasteiger charge is -2.37. The summed E-state index contributed by atoms with van der Waals surface area (Å²) in [5, 5.41) is 4.79. The third-order valence-corrected chi connectivity index (χ3v) is 8.88. The lowest BCUT2D eigenvalue weighted by molar-refractivity contribution is -0.140. The summed E-state index contributed by atoms with van der Waals surface area (Å²) in [6.45, 7) is 2.47. The zero-order valence-electron chi connectivity index (χ0n) is 17.6. The maximum absolute atomic E-state index is 13.0. The normalized spacial score (nSPS) is 32.7. The summed E-state index contributed by atoms with van der Waals surface area (Å²) in [6, 6.07) is 8.39. The second-order valence-corrected chi connectivity index (χ2v) is 10.6. The Hall–Kier alpha value is -2.05. The number of hydrogen-bond acceptors (Lipinski definition) is 4. The summed E-state index contributed by atoms with van der Waals surface area (Å²) >= 11 is 1.87. The van der Waals surface area contributed by atoms with Crippen LogP contribution in [0.15, 0.2) is 47.5 Å². The Labute approximate surface area is 187 Å². The standard InChI is InChI=1S/C25H29N3O2S/c29-24-22-15-7-8-16(19-13-18(15)19)23(22)25(30)28(24)11-4-3-9-26-10-12-31-21-14-27-20-6-2-1-5-17(20)21/h1-2,5-8,14-16,18-19,22-23,26-27H,3-4,9-13H2. The number of unbranched alkanes of at least 4 members (excludes halogenated alkanes) is 1. The van der Waals surface area contributed by atoms with Gasteiger partial charge in [0.25, 0.3) is 0 Å². The maximum Gasteiger partial charge on any atom is 0.233 e. The van der Waals surface area contributed by atoms with E-state index in [0.717, 1.165) is 31.7 Å². The minimum absolute atomic E-state index is 0.0501. The fraction of sp³-hybridized carbons (Fsp3) is 0.520. The highest BCUT2D eigenvalue weighted by atomic mass is 32.2. The fourth-order valence-corrected chi connectivity index (χ4v) is 7.22. The molecule has 2 aromatic rings. The quantitative estimate of drug-likeness (QED) is 0.273. The molecule has 4 aliphatic carbocycles. The number of benzene rings is 1. The largest absolute Gasteiger partial charge is 0.360 e. The average molecular weight is 436 g/mol. The van der Waals surface area contributed by atoms with E-state index in [4.69, 9.17) is 0 Å². The molecule has 0 radical (unpaired) electrons. The Bertz CT molecular complexity index is 1010. The number of carbonyl (C=O) groups is 2. The number of fused-ring (bicyclic) bond motifs is 1. The van der Waals surface area contributed by atoms with Crippen LogP contribution in [0, 0.1) is 35.5 Å². The zero-order valence-corrected chi connectivity index (χ0v) is 18.4. The van der Waals surface area contributed by atoms with E-state index in [0.29, 0.717) is 30.2 Å². The molecule has 5 aliphatic rings. The number of aromatic amines is 1. The Kier molecular flexibility index (Phi) is 4.95. The lowest BCUT2D eigenvalue weighted by Crippen LogP contribution is -2.40.